The molecule has 2 rings (SSSR count). The second-order valence-electron chi connectivity index (χ2n) is 4.66. The number of benzene rings is 1. The molecular weight excluding hydrogens is 338 g/mol. The van der Waals surface area contributed by atoms with Crippen LogP contribution < -0.4 is 0 Å². The third kappa shape index (κ3) is 3.96. The van der Waals surface area contributed by atoms with Gasteiger partial charge in [-0.3, -0.25) is 4.84 Å². The second-order valence-corrected chi connectivity index (χ2v) is 6.59. The molecule has 0 atom stereocenters. The highest BCUT2D eigenvalue weighted by Gasteiger charge is 2.22. The van der Waals surface area contributed by atoms with E-state index in [4.69, 9.17) is 9.26 Å². The van der Waals surface area contributed by atoms with Gasteiger partial charge < -0.3 is 9.26 Å². The van der Waals surface area contributed by atoms with E-state index in [1.165, 1.54) is 38.4 Å². The molecule has 0 amide bonds. The molecule has 0 N–H and O–H groups in total. The van der Waals surface area contributed by atoms with Gasteiger partial charge in [-0.15, -0.1) is 0 Å². The van der Waals surface area contributed by atoms with Crippen LogP contribution in [0.4, 0.5) is 0 Å². The fourth-order valence-electron chi connectivity index (χ4n) is 1.73. The number of rotatable bonds is 7. The summed E-state index contributed by atoms with van der Waals surface area (Å²) < 4.78 is 35.0. The number of ether oxygens (including phenoxy) is 1. The normalized spacial score (nSPS) is 11.7. The summed E-state index contributed by atoms with van der Waals surface area (Å²) in [4.78, 5) is 20.7. The van der Waals surface area contributed by atoms with Crippen molar-refractivity contribution >= 4 is 16.0 Å². The van der Waals surface area contributed by atoms with Gasteiger partial charge in [0.25, 0.3) is 15.9 Å². The van der Waals surface area contributed by atoms with Crippen molar-refractivity contribution in [3.05, 3.63) is 41.5 Å². The van der Waals surface area contributed by atoms with Crippen molar-refractivity contribution in [3.8, 4) is 0 Å². The van der Waals surface area contributed by atoms with E-state index >= 15 is 0 Å². The van der Waals surface area contributed by atoms with Gasteiger partial charge in [-0.05, 0) is 18.2 Å². The fourth-order valence-corrected chi connectivity index (χ4v) is 2.75. The van der Waals surface area contributed by atoms with E-state index in [1.54, 1.807) is 0 Å². The van der Waals surface area contributed by atoms with Crippen LogP contribution in [0.15, 0.2) is 33.7 Å². The van der Waals surface area contributed by atoms with E-state index < -0.39 is 16.0 Å². The lowest BCUT2D eigenvalue weighted by atomic mass is 10.2. The molecule has 10 heteroatoms. The van der Waals surface area contributed by atoms with Crippen molar-refractivity contribution in [1.82, 2.24) is 14.6 Å². The summed E-state index contributed by atoms with van der Waals surface area (Å²) >= 11 is 0. The molecule has 0 saturated heterocycles. The van der Waals surface area contributed by atoms with Gasteiger partial charge in [0.1, 0.15) is 0 Å². The molecule has 9 nitrogen and oxygen atoms in total. The van der Waals surface area contributed by atoms with Crippen LogP contribution >= 0.6 is 0 Å². The Morgan fingerprint density at radius 1 is 1.38 bits per heavy atom. The van der Waals surface area contributed by atoms with Gasteiger partial charge >= 0.3 is 5.97 Å². The summed E-state index contributed by atoms with van der Waals surface area (Å²) in [6.07, 6.45) is 0.602. The minimum Gasteiger partial charge on any atom is -0.452 e. The Labute approximate surface area is 139 Å². The predicted octanol–water partition coefficient (Wildman–Crippen LogP) is 1.17. The number of esters is 1. The zero-order chi connectivity index (χ0) is 17.7. The number of carbonyl (C=O) groups is 1. The van der Waals surface area contributed by atoms with Gasteiger partial charge in [0, 0.05) is 13.5 Å². The van der Waals surface area contributed by atoms with Gasteiger partial charge in [0.2, 0.25) is 0 Å². The molecule has 0 saturated carbocycles. The summed E-state index contributed by atoms with van der Waals surface area (Å²) in [7, 11) is -1.37. The van der Waals surface area contributed by atoms with Gasteiger partial charge in [-0.2, -0.15) is 4.98 Å². The minimum absolute atomic E-state index is 0.0795. The summed E-state index contributed by atoms with van der Waals surface area (Å²) in [6, 6.07) is 5.44. The zero-order valence-corrected chi connectivity index (χ0v) is 14.2. The van der Waals surface area contributed by atoms with Crippen LogP contribution in [-0.2, 0) is 32.6 Å². The number of hydrogen-bond donors (Lipinski definition) is 0. The monoisotopic (exact) mass is 355 g/mol. The highest BCUT2D eigenvalue weighted by molar-refractivity contribution is 7.89. The first kappa shape index (κ1) is 18.0. The fraction of sp³-hybridized carbons (Fsp3) is 0.357. The van der Waals surface area contributed by atoms with Gasteiger partial charge in [0.15, 0.2) is 12.4 Å². The van der Waals surface area contributed by atoms with E-state index in [9.17, 15) is 13.2 Å². The molecule has 24 heavy (non-hydrogen) atoms. The molecule has 0 aliphatic carbocycles. The van der Waals surface area contributed by atoms with E-state index in [1.807, 2.05) is 6.92 Å². The Morgan fingerprint density at radius 2 is 2.12 bits per heavy atom. The number of sulfonamides is 1. The highest BCUT2D eigenvalue weighted by atomic mass is 32.2. The first-order chi connectivity index (χ1) is 11.4. The van der Waals surface area contributed by atoms with Crippen molar-refractivity contribution in [2.24, 2.45) is 0 Å². The van der Waals surface area contributed by atoms with Crippen LogP contribution in [0.1, 0.15) is 29.0 Å². The quantitative estimate of drug-likeness (QED) is 0.537. The topological polar surface area (TPSA) is 112 Å². The van der Waals surface area contributed by atoms with Crippen molar-refractivity contribution in [2.75, 3.05) is 14.2 Å². The molecule has 0 spiro atoms. The van der Waals surface area contributed by atoms with Crippen LogP contribution in [0.5, 0.6) is 0 Å². The molecule has 0 aliphatic rings. The summed E-state index contributed by atoms with van der Waals surface area (Å²) in [5.41, 5.74) is 0.0795. The number of hydrogen-bond acceptors (Lipinski definition) is 8. The molecular formula is C14H17N3O6S. The number of aromatic nitrogens is 2. The number of hydroxylamine groups is 1. The highest BCUT2D eigenvalue weighted by Crippen LogP contribution is 2.17. The van der Waals surface area contributed by atoms with E-state index in [-0.39, 0.29) is 23.0 Å². The Kier molecular flexibility index (Phi) is 5.65. The lowest BCUT2D eigenvalue weighted by Crippen LogP contribution is -2.25. The first-order valence-corrected chi connectivity index (χ1v) is 8.44. The molecule has 1 aromatic heterocycles. The standard InChI is InChI=1S/C14H17N3O6S/c1-4-12-15-13(23-16-12)9-22-14(18)10-6-5-7-11(8-10)24(19,20)17(2)21-3/h5-8H,4,9H2,1-3H3. The molecule has 0 aliphatic heterocycles. The van der Waals surface area contributed by atoms with Crippen molar-refractivity contribution in [3.63, 3.8) is 0 Å². The maximum Gasteiger partial charge on any atom is 0.338 e. The van der Waals surface area contributed by atoms with E-state index in [0.29, 0.717) is 16.7 Å². The minimum atomic E-state index is -3.85. The smallest absolute Gasteiger partial charge is 0.338 e. The van der Waals surface area contributed by atoms with Gasteiger partial charge in [-0.25, -0.2) is 13.2 Å². The summed E-state index contributed by atoms with van der Waals surface area (Å²) in [5.74, 6) is -0.0248. The third-order valence-electron chi connectivity index (χ3n) is 3.12. The SMILES string of the molecule is CCc1noc(COC(=O)c2cccc(S(=O)(=O)N(C)OC)c2)n1. The Hall–Kier alpha value is -2.30. The van der Waals surface area contributed by atoms with Crippen molar-refractivity contribution in [1.29, 1.82) is 0 Å². The van der Waals surface area contributed by atoms with Crippen LogP contribution in [0, 0.1) is 0 Å². The molecule has 0 radical (unpaired) electrons. The Balaban J connectivity index is 2.11. The van der Waals surface area contributed by atoms with Crippen LogP contribution in [-0.4, -0.2) is 43.2 Å². The molecule has 1 aromatic carbocycles. The van der Waals surface area contributed by atoms with Crippen molar-refractivity contribution < 1.29 is 27.3 Å². The maximum atomic E-state index is 12.2. The third-order valence-corrected chi connectivity index (χ3v) is 4.79. The lowest BCUT2D eigenvalue weighted by Gasteiger charge is -2.14. The van der Waals surface area contributed by atoms with E-state index in [2.05, 4.69) is 15.0 Å². The van der Waals surface area contributed by atoms with Gasteiger partial charge in [0.05, 0.1) is 17.6 Å². The number of nitrogens with zero attached hydrogens (tertiary/aromatic N) is 3. The molecule has 2 aromatic rings. The van der Waals surface area contributed by atoms with Gasteiger partial charge in [-0.1, -0.05) is 22.6 Å². The molecule has 1 heterocycles. The van der Waals surface area contributed by atoms with Crippen LogP contribution in [0.25, 0.3) is 0 Å². The average molecular weight is 355 g/mol. The van der Waals surface area contributed by atoms with Crippen molar-refractivity contribution in [2.45, 2.75) is 24.8 Å². The molecule has 130 valence electrons. The number of aryl methyl sites for hydroxylation is 1. The molecule has 0 bridgehead atoms. The average Bonchev–Trinajstić information content (AvgIpc) is 3.07. The summed E-state index contributed by atoms with van der Waals surface area (Å²) in [6.45, 7) is 1.67. The Morgan fingerprint density at radius 3 is 2.75 bits per heavy atom. The van der Waals surface area contributed by atoms with E-state index in [0.717, 1.165) is 0 Å². The zero-order valence-electron chi connectivity index (χ0n) is 13.4. The predicted molar refractivity (Wildman–Crippen MR) is 81.2 cm³/mol. The summed E-state index contributed by atoms with van der Waals surface area (Å²) in [5, 5.41) is 3.68. The lowest BCUT2D eigenvalue weighted by molar-refractivity contribution is -0.0258. The molecule has 0 fully saturated rings. The van der Waals surface area contributed by atoms with Crippen LogP contribution in [0.2, 0.25) is 0 Å². The maximum absolute atomic E-state index is 12.2. The Bertz CT molecular complexity index is 817. The largest absolute Gasteiger partial charge is 0.452 e. The molecule has 0 unspecified atom stereocenters. The second kappa shape index (κ2) is 7.51. The number of carbonyl (C=O) groups excluding carboxylic acids is 1. The first-order valence-electron chi connectivity index (χ1n) is 7.00. The van der Waals surface area contributed by atoms with Crippen LogP contribution in [0.3, 0.4) is 0 Å².